The van der Waals surface area contributed by atoms with E-state index in [1.807, 2.05) is 30.3 Å². The molecule has 0 saturated carbocycles. The van der Waals surface area contributed by atoms with Gasteiger partial charge in [-0.3, -0.25) is 14.4 Å². The molecule has 2 aromatic carbocycles. The van der Waals surface area contributed by atoms with Gasteiger partial charge in [0.1, 0.15) is 5.54 Å². The number of carboxylic acid groups (broad SMARTS) is 1. The summed E-state index contributed by atoms with van der Waals surface area (Å²) in [5, 5.41) is 12.0. The molecule has 0 aliphatic heterocycles. The second-order valence-corrected chi connectivity index (χ2v) is 9.84. The van der Waals surface area contributed by atoms with E-state index in [1.165, 1.54) is 32.1 Å². The number of oxazole rings is 1. The van der Waals surface area contributed by atoms with Gasteiger partial charge in [-0.25, -0.2) is 4.98 Å². The van der Waals surface area contributed by atoms with Crippen molar-refractivity contribution in [2.45, 2.75) is 38.4 Å². The number of Topliss-reactive ketones (excluding diaryl/α,β-unsaturated/α-hetero) is 1. The van der Waals surface area contributed by atoms with Gasteiger partial charge in [-0.15, -0.1) is 0 Å². The first-order valence-corrected chi connectivity index (χ1v) is 12.0. The van der Waals surface area contributed by atoms with Crippen LogP contribution in [0.4, 0.5) is 13.2 Å². The van der Waals surface area contributed by atoms with Crippen molar-refractivity contribution in [2.24, 2.45) is 5.41 Å². The molecule has 39 heavy (non-hydrogen) atoms. The zero-order chi connectivity index (χ0) is 28.4. The van der Waals surface area contributed by atoms with Crippen LogP contribution in [0.25, 0.3) is 17.0 Å². The number of aromatic nitrogens is 1. The maximum atomic E-state index is 13.9. The average molecular weight is 539 g/mol. The SMILES string of the molecule is CC(C)(CC(=O)C1(NC(=O)c2nc(-c3ccccc3)oc2C(F)(F)F)C=CC(c2ccccc2)=CC1)C(=O)O. The van der Waals surface area contributed by atoms with Crippen molar-refractivity contribution < 1.29 is 37.1 Å². The highest BCUT2D eigenvalue weighted by molar-refractivity contribution is 6.03. The van der Waals surface area contributed by atoms with E-state index >= 15 is 0 Å². The summed E-state index contributed by atoms with van der Waals surface area (Å²) in [5.41, 5.74) is -2.54. The summed E-state index contributed by atoms with van der Waals surface area (Å²) >= 11 is 0. The number of carboxylic acids is 1. The van der Waals surface area contributed by atoms with Crippen LogP contribution in [0.2, 0.25) is 0 Å². The van der Waals surface area contributed by atoms with Gasteiger partial charge in [-0.2, -0.15) is 13.2 Å². The highest BCUT2D eigenvalue weighted by Gasteiger charge is 2.46. The third-order valence-electron chi connectivity index (χ3n) is 6.43. The Bertz CT molecular complexity index is 1460. The largest absolute Gasteiger partial charge is 0.481 e. The second kappa shape index (κ2) is 10.4. The molecule has 1 heterocycles. The van der Waals surface area contributed by atoms with E-state index in [0.29, 0.717) is 0 Å². The van der Waals surface area contributed by atoms with Crippen LogP contribution in [0.5, 0.6) is 0 Å². The first-order valence-electron chi connectivity index (χ1n) is 12.0. The zero-order valence-corrected chi connectivity index (χ0v) is 21.1. The summed E-state index contributed by atoms with van der Waals surface area (Å²) in [4.78, 5) is 42.4. The maximum Gasteiger partial charge on any atom is 0.452 e. The minimum Gasteiger partial charge on any atom is -0.481 e. The number of hydrogen-bond acceptors (Lipinski definition) is 5. The van der Waals surface area contributed by atoms with Gasteiger partial charge in [0.25, 0.3) is 5.91 Å². The fraction of sp³-hybridized carbons (Fsp3) is 0.241. The maximum absolute atomic E-state index is 13.9. The van der Waals surface area contributed by atoms with E-state index in [-0.39, 0.29) is 12.0 Å². The predicted molar refractivity (Wildman–Crippen MR) is 136 cm³/mol. The summed E-state index contributed by atoms with van der Waals surface area (Å²) in [6.07, 6.45) is -1.00. The van der Waals surface area contributed by atoms with Crippen molar-refractivity contribution in [1.82, 2.24) is 10.3 Å². The van der Waals surface area contributed by atoms with Crippen molar-refractivity contribution >= 4 is 23.2 Å². The Balaban J connectivity index is 1.72. The molecule has 1 aliphatic carbocycles. The van der Waals surface area contributed by atoms with Gasteiger partial charge >= 0.3 is 12.1 Å². The van der Waals surface area contributed by atoms with Gasteiger partial charge in [0, 0.05) is 18.4 Å². The quantitative estimate of drug-likeness (QED) is 0.367. The number of aliphatic carboxylic acids is 1. The van der Waals surface area contributed by atoms with Gasteiger partial charge in [-0.05, 0) is 37.1 Å². The molecule has 202 valence electrons. The van der Waals surface area contributed by atoms with Crippen molar-refractivity contribution in [2.75, 3.05) is 0 Å². The highest BCUT2D eigenvalue weighted by Crippen LogP contribution is 2.37. The molecule has 2 N–H and O–H groups in total. The lowest BCUT2D eigenvalue weighted by molar-refractivity contribution is -0.153. The third kappa shape index (κ3) is 5.84. The number of nitrogens with zero attached hydrogens (tertiary/aromatic N) is 1. The Hall–Kier alpha value is -4.47. The fourth-order valence-corrected chi connectivity index (χ4v) is 4.12. The van der Waals surface area contributed by atoms with Crippen LogP contribution in [0, 0.1) is 5.41 Å². The molecule has 7 nitrogen and oxygen atoms in total. The number of nitrogens with one attached hydrogen (secondary N) is 1. The van der Waals surface area contributed by atoms with E-state index < -0.39 is 58.6 Å². The van der Waals surface area contributed by atoms with Crippen LogP contribution in [0.15, 0.2) is 83.3 Å². The predicted octanol–water partition coefficient (Wildman–Crippen LogP) is 5.94. The molecule has 10 heteroatoms. The molecule has 0 fully saturated rings. The normalized spacial score (nSPS) is 17.4. The first-order chi connectivity index (χ1) is 18.3. The molecule has 1 atom stereocenters. The molecule has 0 radical (unpaired) electrons. The topological polar surface area (TPSA) is 110 Å². The van der Waals surface area contributed by atoms with Gasteiger partial charge < -0.3 is 14.8 Å². The van der Waals surface area contributed by atoms with Crippen LogP contribution >= 0.6 is 0 Å². The molecule has 1 aromatic heterocycles. The Morgan fingerprint density at radius 1 is 1.00 bits per heavy atom. The van der Waals surface area contributed by atoms with Crippen LogP contribution in [-0.4, -0.2) is 33.3 Å². The summed E-state index contributed by atoms with van der Waals surface area (Å²) < 4.78 is 46.5. The molecule has 0 saturated heterocycles. The smallest absolute Gasteiger partial charge is 0.452 e. The summed E-state index contributed by atoms with van der Waals surface area (Å²) in [7, 11) is 0. The molecule has 4 rings (SSSR count). The van der Waals surface area contributed by atoms with Crippen molar-refractivity contribution in [3.63, 3.8) is 0 Å². The zero-order valence-electron chi connectivity index (χ0n) is 21.1. The van der Waals surface area contributed by atoms with Gasteiger partial charge in [0.05, 0.1) is 5.41 Å². The number of carbonyl (C=O) groups is 3. The monoisotopic (exact) mass is 538 g/mol. The van der Waals surface area contributed by atoms with E-state index in [2.05, 4.69) is 10.3 Å². The number of allylic oxidation sites excluding steroid dienone is 2. The Kier molecular flexibility index (Phi) is 7.32. The van der Waals surface area contributed by atoms with E-state index in [0.717, 1.165) is 11.1 Å². The number of alkyl halides is 3. The summed E-state index contributed by atoms with van der Waals surface area (Å²) in [5.74, 6) is -5.21. The molecular weight excluding hydrogens is 513 g/mol. The Labute approximate surface area is 222 Å². The van der Waals surface area contributed by atoms with Crippen LogP contribution in [-0.2, 0) is 15.8 Å². The number of amides is 1. The van der Waals surface area contributed by atoms with Crippen molar-refractivity contribution in [3.05, 3.63) is 95.9 Å². The third-order valence-corrected chi connectivity index (χ3v) is 6.43. The van der Waals surface area contributed by atoms with E-state index in [4.69, 9.17) is 4.42 Å². The van der Waals surface area contributed by atoms with Gasteiger partial charge in [0.2, 0.25) is 11.7 Å². The van der Waals surface area contributed by atoms with Crippen LogP contribution in [0.3, 0.4) is 0 Å². The summed E-state index contributed by atoms with van der Waals surface area (Å²) in [6, 6.07) is 16.9. The lowest BCUT2D eigenvalue weighted by atomic mass is 9.76. The molecule has 0 spiro atoms. The number of rotatable bonds is 8. The van der Waals surface area contributed by atoms with Gasteiger partial charge in [0.15, 0.2) is 11.5 Å². The highest BCUT2D eigenvalue weighted by atomic mass is 19.4. The van der Waals surface area contributed by atoms with Gasteiger partial charge in [-0.1, -0.05) is 66.8 Å². The number of hydrogen-bond donors (Lipinski definition) is 2. The fourth-order valence-electron chi connectivity index (χ4n) is 4.12. The standard InChI is InChI=1S/C29H25F3N2O5/c1-27(2,26(37)38)17-21(35)28(15-13-19(14-16-28)18-9-5-3-6-10-18)34-24(36)22-23(29(30,31)32)39-25(33-22)20-11-7-4-8-12-20/h3-15H,16-17H2,1-2H3,(H,34,36)(H,37,38). The summed E-state index contributed by atoms with van der Waals surface area (Å²) in [6.45, 7) is 2.71. The van der Waals surface area contributed by atoms with E-state index in [9.17, 15) is 32.7 Å². The molecule has 1 aliphatic rings. The molecule has 1 unspecified atom stereocenters. The van der Waals surface area contributed by atoms with E-state index in [1.54, 1.807) is 30.4 Å². The number of benzene rings is 2. The minimum atomic E-state index is -5.04. The molecule has 1 amide bonds. The lowest BCUT2D eigenvalue weighted by Crippen LogP contribution is -2.55. The molecule has 0 bridgehead atoms. The second-order valence-electron chi connectivity index (χ2n) is 9.84. The number of halogens is 3. The Morgan fingerprint density at radius 3 is 2.10 bits per heavy atom. The average Bonchev–Trinajstić information content (AvgIpc) is 3.37. The van der Waals surface area contributed by atoms with Crippen molar-refractivity contribution in [1.29, 1.82) is 0 Å². The first kappa shape index (κ1) is 27.6. The molecule has 3 aromatic rings. The van der Waals surface area contributed by atoms with Crippen LogP contribution < -0.4 is 5.32 Å². The Morgan fingerprint density at radius 2 is 1.59 bits per heavy atom. The minimum absolute atomic E-state index is 0.112. The van der Waals surface area contributed by atoms with Crippen molar-refractivity contribution in [3.8, 4) is 11.5 Å². The molecular formula is C29H25F3N2O5. The lowest BCUT2D eigenvalue weighted by Gasteiger charge is -2.34. The number of carbonyl (C=O) groups excluding carboxylic acids is 2. The van der Waals surface area contributed by atoms with Crippen LogP contribution in [0.1, 0.15) is 48.5 Å². The number of ketones is 1.